The van der Waals surface area contributed by atoms with Crippen LogP contribution in [0.15, 0.2) is 23.7 Å². The molecule has 4 nitrogen and oxygen atoms in total. The summed E-state index contributed by atoms with van der Waals surface area (Å²) in [5.41, 5.74) is 0. The number of hydrogen-bond acceptors (Lipinski definition) is 5. The molecule has 6 heteroatoms. The van der Waals surface area contributed by atoms with Crippen molar-refractivity contribution in [3.63, 3.8) is 0 Å². The maximum atomic E-state index is 4.34. The van der Waals surface area contributed by atoms with Crippen molar-refractivity contribution in [2.45, 2.75) is 24.3 Å². The lowest BCUT2D eigenvalue weighted by atomic mass is 10.5. The first kappa shape index (κ1) is 12.4. The van der Waals surface area contributed by atoms with Gasteiger partial charge in [0.25, 0.3) is 0 Å². The van der Waals surface area contributed by atoms with Gasteiger partial charge >= 0.3 is 0 Å². The summed E-state index contributed by atoms with van der Waals surface area (Å²) in [6.07, 6.45) is 6.85. The minimum Gasteiger partial charge on any atom is -0.362 e. The van der Waals surface area contributed by atoms with E-state index in [-0.39, 0.29) is 0 Å². The summed E-state index contributed by atoms with van der Waals surface area (Å²) in [5, 5.41) is 5.36. The minimum atomic E-state index is 0.927. The van der Waals surface area contributed by atoms with E-state index in [2.05, 4.69) is 22.2 Å². The van der Waals surface area contributed by atoms with Crippen molar-refractivity contribution in [1.82, 2.24) is 14.5 Å². The van der Waals surface area contributed by atoms with Crippen molar-refractivity contribution in [3.8, 4) is 0 Å². The Labute approximate surface area is 109 Å². The molecule has 2 aromatic rings. The van der Waals surface area contributed by atoms with Gasteiger partial charge in [0.1, 0.15) is 0 Å². The Bertz CT molecular complexity index is 463. The zero-order valence-corrected chi connectivity index (χ0v) is 11.6. The van der Waals surface area contributed by atoms with Gasteiger partial charge in [-0.2, -0.15) is 0 Å². The van der Waals surface area contributed by atoms with Crippen LogP contribution in [-0.4, -0.2) is 21.1 Å². The van der Waals surface area contributed by atoms with Crippen LogP contribution in [0.2, 0.25) is 0 Å². The lowest BCUT2D eigenvalue weighted by Crippen LogP contribution is -1.97. The number of nitrogens with one attached hydrogen (secondary N) is 1. The van der Waals surface area contributed by atoms with Crippen LogP contribution in [0, 0.1) is 0 Å². The van der Waals surface area contributed by atoms with Crippen LogP contribution in [0.4, 0.5) is 5.13 Å². The minimum absolute atomic E-state index is 0.927. The number of thiazole rings is 1. The highest BCUT2D eigenvalue weighted by Crippen LogP contribution is 2.26. The zero-order valence-electron chi connectivity index (χ0n) is 10.0. The first-order valence-electron chi connectivity index (χ1n) is 5.58. The quantitative estimate of drug-likeness (QED) is 0.818. The molecule has 0 unspecified atom stereocenters. The fourth-order valence-corrected chi connectivity index (χ4v) is 3.11. The Balaban J connectivity index is 1.87. The molecule has 17 heavy (non-hydrogen) atoms. The van der Waals surface area contributed by atoms with Crippen LogP contribution in [0.25, 0.3) is 0 Å². The van der Waals surface area contributed by atoms with E-state index in [1.807, 2.05) is 30.2 Å². The lowest BCUT2D eigenvalue weighted by molar-refractivity contribution is 0.790. The molecule has 2 rings (SSSR count). The van der Waals surface area contributed by atoms with Gasteiger partial charge in [0.15, 0.2) is 10.3 Å². The molecule has 0 saturated carbocycles. The van der Waals surface area contributed by atoms with E-state index in [1.54, 1.807) is 23.1 Å². The summed E-state index contributed by atoms with van der Waals surface area (Å²) in [6.45, 7) is 3.14. The van der Waals surface area contributed by atoms with Crippen molar-refractivity contribution < 1.29 is 0 Å². The fraction of sp³-hybridized carbons (Fsp3) is 0.455. The third kappa shape index (κ3) is 3.47. The Morgan fingerprint density at radius 3 is 3.06 bits per heavy atom. The smallest absolute Gasteiger partial charge is 0.182 e. The fourth-order valence-electron chi connectivity index (χ4n) is 1.31. The molecule has 2 heterocycles. The number of rotatable bonds is 6. The zero-order chi connectivity index (χ0) is 12.1. The molecule has 0 aliphatic heterocycles. The molecule has 0 amide bonds. The highest BCUT2D eigenvalue weighted by molar-refractivity contribution is 7.98. The summed E-state index contributed by atoms with van der Waals surface area (Å²) in [7, 11) is 2.01. The van der Waals surface area contributed by atoms with Gasteiger partial charge in [0.2, 0.25) is 0 Å². The maximum absolute atomic E-state index is 4.34. The molecule has 0 bridgehead atoms. The number of aryl methyl sites for hydroxylation is 1. The standard InChI is InChI=1S/C11H16N4S2/c1-3-4-12-10-14-7-9(17-10)8-16-11-13-5-6-15(11)2/h5-7H,3-4,8H2,1-2H3,(H,12,14). The molecule has 2 aromatic heterocycles. The van der Waals surface area contributed by atoms with Gasteiger partial charge in [0.05, 0.1) is 0 Å². The van der Waals surface area contributed by atoms with Crippen LogP contribution in [0.1, 0.15) is 18.2 Å². The number of nitrogens with zero attached hydrogens (tertiary/aromatic N) is 3. The molecule has 0 atom stereocenters. The van der Waals surface area contributed by atoms with Crippen molar-refractivity contribution in [1.29, 1.82) is 0 Å². The second-order valence-electron chi connectivity index (χ2n) is 3.67. The van der Waals surface area contributed by atoms with E-state index in [1.165, 1.54) is 4.88 Å². The van der Waals surface area contributed by atoms with E-state index in [0.717, 1.165) is 29.0 Å². The second-order valence-corrected chi connectivity index (χ2v) is 5.73. The summed E-state index contributed by atoms with van der Waals surface area (Å²) in [5.74, 6) is 0.927. The van der Waals surface area contributed by atoms with Gasteiger partial charge in [-0.05, 0) is 6.42 Å². The Morgan fingerprint density at radius 1 is 1.47 bits per heavy atom. The summed E-state index contributed by atoms with van der Waals surface area (Å²) >= 11 is 3.46. The van der Waals surface area contributed by atoms with Gasteiger partial charge in [-0.1, -0.05) is 18.7 Å². The van der Waals surface area contributed by atoms with Gasteiger partial charge < -0.3 is 9.88 Å². The van der Waals surface area contributed by atoms with E-state index < -0.39 is 0 Å². The van der Waals surface area contributed by atoms with Crippen LogP contribution in [0.3, 0.4) is 0 Å². The van der Waals surface area contributed by atoms with Crippen LogP contribution in [-0.2, 0) is 12.8 Å². The predicted molar refractivity (Wildman–Crippen MR) is 73.7 cm³/mol. The molecule has 0 radical (unpaired) electrons. The molecule has 92 valence electrons. The van der Waals surface area contributed by atoms with Crippen LogP contribution in [0.5, 0.6) is 0 Å². The number of aromatic nitrogens is 3. The van der Waals surface area contributed by atoms with Gasteiger partial charge in [-0.15, -0.1) is 11.3 Å². The number of thioether (sulfide) groups is 1. The Morgan fingerprint density at radius 2 is 2.35 bits per heavy atom. The number of anilines is 1. The molecule has 0 aliphatic rings. The molecular weight excluding hydrogens is 252 g/mol. The van der Waals surface area contributed by atoms with Gasteiger partial charge in [-0.3, -0.25) is 0 Å². The summed E-state index contributed by atoms with van der Waals surface area (Å²) < 4.78 is 2.03. The van der Waals surface area contributed by atoms with Crippen molar-refractivity contribution in [3.05, 3.63) is 23.5 Å². The number of hydrogen-bond donors (Lipinski definition) is 1. The second kappa shape index (κ2) is 6.07. The monoisotopic (exact) mass is 268 g/mol. The maximum Gasteiger partial charge on any atom is 0.182 e. The molecular formula is C11H16N4S2. The third-order valence-corrected chi connectivity index (χ3v) is 4.44. The predicted octanol–water partition coefficient (Wildman–Crippen LogP) is 2.99. The number of imidazole rings is 1. The Hall–Kier alpha value is -1.01. The van der Waals surface area contributed by atoms with Crippen molar-refractivity contribution >= 4 is 28.2 Å². The van der Waals surface area contributed by atoms with E-state index in [0.29, 0.717) is 0 Å². The first-order chi connectivity index (χ1) is 8.29. The van der Waals surface area contributed by atoms with Crippen molar-refractivity contribution in [2.75, 3.05) is 11.9 Å². The van der Waals surface area contributed by atoms with E-state index in [9.17, 15) is 0 Å². The lowest BCUT2D eigenvalue weighted by Gasteiger charge is -1.99. The van der Waals surface area contributed by atoms with Crippen LogP contribution < -0.4 is 5.32 Å². The van der Waals surface area contributed by atoms with Crippen molar-refractivity contribution in [2.24, 2.45) is 7.05 Å². The van der Waals surface area contributed by atoms with Gasteiger partial charge in [0, 0.05) is 42.8 Å². The highest BCUT2D eigenvalue weighted by atomic mass is 32.2. The van der Waals surface area contributed by atoms with E-state index >= 15 is 0 Å². The SMILES string of the molecule is CCCNc1ncc(CSc2nccn2C)s1. The topological polar surface area (TPSA) is 42.7 Å². The Kier molecular flexibility index (Phi) is 4.44. The molecule has 1 N–H and O–H groups in total. The molecule has 0 saturated heterocycles. The van der Waals surface area contributed by atoms with E-state index in [4.69, 9.17) is 0 Å². The van der Waals surface area contributed by atoms with Gasteiger partial charge in [-0.25, -0.2) is 9.97 Å². The summed E-state index contributed by atoms with van der Waals surface area (Å²) in [4.78, 5) is 9.90. The highest BCUT2D eigenvalue weighted by Gasteiger charge is 2.04. The first-order valence-corrected chi connectivity index (χ1v) is 7.38. The molecule has 0 aliphatic carbocycles. The molecule has 0 spiro atoms. The average Bonchev–Trinajstić information content (AvgIpc) is 2.93. The molecule has 0 fully saturated rings. The normalized spacial score (nSPS) is 10.7. The summed E-state index contributed by atoms with van der Waals surface area (Å²) in [6, 6.07) is 0. The van der Waals surface area contributed by atoms with Crippen LogP contribution >= 0.6 is 23.1 Å². The largest absolute Gasteiger partial charge is 0.362 e. The third-order valence-electron chi connectivity index (χ3n) is 2.20. The molecule has 0 aromatic carbocycles. The average molecular weight is 268 g/mol.